The van der Waals surface area contributed by atoms with E-state index in [4.69, 9.17) is 28.6 Å². The van der Waals surface area contributed by atoms with E-state index in [0.717, 1.165) is 16.9 Å². The molecule has 0 atom stereocenters. The highest BCUT2D eigenvalue weighted by atomic mass is 35.5. The van der Waals surface area contributed by atoms with Gasteiger partial charge >= 0.3 is 0 Å². The summed E-state index contributed by atoms with van der Waals surface area (Å²) in [5.41, 5.74) is 4.16. The molecule has 0 aliphatic rings. The first kappa shape index (κ1) is 22.4. The molecule has 0 saturated heterocycles. The van der Waals surface area contributed by atoms with Crippen molar-refractivity contribution in [1.82, 2.24) is 0 Å². The van der Waals surface area contributed by atoms with E-state index in [-0.39, 0.29) is 5.91 Å². The Hall–Kier alpha value is -3.29. The number of ether oxygens (including phenoxy) is 1. The van der Waals surface area contributed by atoms with Gasteiger partial charge in [-0.3, -0.25) is 4.79 Å². The van der Waals surface area contributed by atoms with Crippen LogP contribution in [-0.4, -0.2) is 18.1 Å². The van der Waals surface area contributed by atoms with Crippen LogP contribution in [0, 0.1) is 0 Å². The second-order valence-electron chi connectivity index (χ2n) is 6.71. The summed E-state index contributed by atoms with van der Waals surface area (Å²) in [6.07, 6.45) is 0. The van der Waals surface area contributed by atoms with Crippen molar-refractivity contribution in [3.05, 3.63) is 77.3 Å². The number of hydrogen-bond acceptors (Lipinski definition) is 4. The van der Waals surface area contributed by atoms with E-state index in [9.17, 15) is 4.79 Å². The van der Waals surface area contributed by atoms with E-state index < -0.39 is 0 Å². The van der Waals surface area contributed by atoms with Crippen molar-refractivity contribution < 1.29 is 9.53 Å². The first-order chi connectivity index (χ1) is 14.9. The molecule has 4 N–H and O–H groups in total. The summed E-state index contributed by atoms with van der Waals surface area (Å²) in [6.45, 7) is 2.10. The number of benzene rings is 3. The van der Waals surface area contributed by atoms with Crippen molar-refractivity contribution in [2.45, 2.75) is 13.5 Å². The van der Waals surface area contributed by atoms with Crippen molar-refractivity contribution in [2.75, 3.05) is 28.4 Å². The van der Waals surface area contributed by atoms with E-state index in [1.807, 2.05) is 48.5 Å². The van der Waals surface area contributed by atoms with Gasteiger partial charge in [0.2, 0.25) is 5.91 Å². The largest absolute Gasteiger partial charge is 0.495 e. The molecule has 0 aromatic heterocycles. The molecule has 3 aromatic carbocycles. The van der Waals surface area contributed by atoms with E-state index in [1.54, 1.807) is 25.3 Å². The number of nitrogens with one attached hydrogen (secondary N) is 4. The van der Waals surface area contributed by atoms with E-state index in [2.05, 4.69) is 21.3 Å². The molecule has 6 nitrogen and oxygen atoms in total. The van der Waals surface area contributed by atoms with Crippen LogP contribution < -0.4 is 26.0 Å². The summed E-state index contributed by atoms with van der Waals surface area (Å²) in [4.78, 5) is 11.1. The van der Waals surface area contributed by atoms with Crippen LogP contribution in [0.1, 0.15) is 12.5 Å². The van der Waals surface area contributed by atoms with Crippen LogP contribution in [0.3, 0.4) is 0 Å². The minimum absolute atomic E-state index is 0.121. The van der Waals surface area contributed by atoms with Crippen molar-refractivity contribution in [1.29, 1.82) is 0 Å². The van der Waals surface area contributed by atoms with Gasteiger partial charge in [0.05, 0.1) is 23.5 Å². The monoisotopic (exact) mass is 454 g/mol. The lowest BCUT2D eigenvalue weighted by atomic mass is 10.2. The molecule has 3 aromatic rings. The number of anilines is 4. The van der Waals surface area contributed by atoms with Gasteiger partial charge < -0.3 is 26.0 Å². The number of thiocarbonyl (C=S) groups is 1. The van der Waals surface area contributed by atoms with Gasteiger partial charge in [-0.15, -0.1) is 0 Å². The molecule has 8 heteroatoms. The molecule has 0 aliphatic heterocycles. The molecular formula is C23H23ClN4O2S. The highest BCUT2D eigenvalue weighted by molar-refractivity contribution is 7.80. The third-order valence-corrected chi connectivity index (χ3v) is 4.83. The lowest BCUT2D eigenvalue weighted by molar-refractivity contribution is -0.114. The Labute approximate surface area is 192 Å². The molecule has 0 spiro atoms. The van der Waals surface area contributed by atoms with Gasteiger partial charge in [-0.05, 0) is 48.1 Å². The number of amides is 1. The molecule has 0 radical (unpaired) electrons. The van der Waals surface area contributed by atoms with E-state index in [0.29, 0.717) is 33.8 Å². The maximum atomic E-state index is 11.1. The number of hydrogen-bond donors (Lipinski definition) is 4. The normalized spacial score (nSPS) is 10.2. The Morgan fingerprint density at radius 2 is 1.58 bits per heavy atom. The van der Waals surface area contributed by atoms with Gasteiger partial charge in [0.25, 0.3) is 0 Å². The van der Waals surface area contributed by atoms with Crippen molar-refractivity contribution in [2.24, 2.45) is 0 Å². The second-order valence-corrected chi connectivity index (χ2v) is 7.52. The molecule has 31 heavy (non-hydrogen) atoms. The third kappa shape index (κ3) is 6.60. The maximum absolute atomic E-state index is 11.1. The lowest BCUT2D eigenvalue weighted by Crippen LogP contribution is -2.20. The van der Waals surface area contributed by atoms with Crippen molar-refractivity contribution >= 4 is 57.6 Å². The van der Waals surface area contributed by atoms with Crippen molar-refractivity contribution in [3.8, 4) is 5.75 Å². The maximum Gasteiger partial charge on any atom is 0.221 e. The fourth-order valence-corrected chi connectivity index (χ4v) is 3.35. The zero-order valence-electron chi connectivity index (χ0n) is 17.2. The van der Waals surface area contributed by atoms with Crippen LogP contribution in [-0.2, 0) is 11.3 Å². The smallest absolute Gasteiger partial charge is 0.221 e. The summed E-state index contributed by atoms with van der Waals surface area (Å²) < 4.78 is 5.35. The van der Waals surface area contributed by atoms with Crippen molar-refractivity contribution in [3.63, 3.8) is 0 Å². The predicted octanol–water partition coefficient (Wildman–Crippen LogP) is 5.73. The summed E-state index contributed by atoms with van der Waals surface area (Å²) in [5.74, 6) is 0.444. The number of carbonyl (C=O) groups is 1. The van der Waals surface area contributed by atoms with Gasteiger partial charge in [0, 0.05) is 30.9 Å². The zero-order chi connectivity index (χ0) is 22.2. The minimum atomic E-state index is -0.121. The fourth-order valence-electron chi connectivity index (χ4n) is 2.88. The predicted molar refractivity (Wildman–Crippen MR) is 132 cm³/mol. The average molecular weight is 455 g/mol. The average Bonchev–Trinajstić information content (AvgIpc) is 2.75. The SMILES string of the molecule is COc1cc(NCc2ccccc2)c(NC(=S)Nc2ccc(NC(C)=O)cc2)cc1Cl. The molecule has 0 aliphatic carbocycles. The molecular weight excluding hydrogens is 432 g/mol. The van der Waals surface area contributed by atoms with E-state index in [1.165, 1.54) is 6.92 Å². The lowest BCUT2D eigenvalue weighted by Gasteiger charge is -2.18. The summed E-state index contributed by atoms with van der Waals surface area (Å²) in [5, 5.41) is 13.3. The number of rotatable bonds is 7. The first-order valence-corrected chi connectivity index (χ1v) is 10.3. The molecule has 1 amide bonds. The molecule has 0 fully saturated rings. The van der Waals surface area contributed by atoms with Crippen LogP contribution in [0.2, 0.25) is 5.02 Å². The standard InChI is InChI=1S/C23H23ClN4O2S/c1-15(29)26-17-8-10-18(11-9-17)27-23(31)28-21-12-19(24)22(30-2)13-20(21)25-14-16-6-4-3-5-7-16/h3-13,25H,14H2,1-2H3,(H,26,29)(H2,27,28,31). The Morgan fingerprint density at radius 1 is 0.935 bits per heavy atom. The van der Waals surface area contributed by atoms with Gasteiger partial charge in [0.1, 0.15) is 5.75 Å². The first-order valence-electron chi connectivity index (χ1n) is 9.55. The minimum Gasteiger partial charge on any atom is -0.495 e. The van der Waals surface area contributed by atoms with Gasteiger partial charge in [-0.25, -0.2) is 0 Å². The highest BCUT2D eigenvalue weighted by Crippen LogP contribution is 2.35. The topological polar surface area (TPSA) is 74.4 Å². The van der Waals surface area contributed by atoms with Crippen LogP contribution in [0.5, 0.6) is 5.75 Å². The summed E-state index contributed by atoms with van der Waals surface area (Å²) in [7, 11) is 1.58. The molecule has 3 rings (SSSR count). The van der Waals surface area contributed by atoms with E-state index >= 15 is 0 Å². The highest BCUT2D eigenvalue weighted by Gasteiger charge is 2.11. The third-order valence-electron chi connectivity index (χ3n) is 4.33. The van der Waals surface area contributed by atoms with Gasteiger partial charge in [-0.2, -0.15) is 0 Å². The number of halogens is 1. The fraction of sp³-hybridized carbons (Fsp3) is 0.130. The van der Waals surface area contributed by atoms with Crippen LogP contribution >= 0.6 is 23.8 Å². The Balaban J connectivity index is 1.72. The Morgan fingerprint density at radius 3 is 2.19 bits per heavy atom. The number of methoxy groups -OCH3 is 1. The van der Waals surface area contributed by atoms with Crippen LogP contribution in [0.25, 0.3) is 0 Å². The molecule has 0 saturated carbocycles. The van der Waals surface area contributed by atoms with Gasteiger partial charge in [-0.1, -0.05) is 41.9 Å². The zero-order valence-corrected chi connectivity index (χ0v) is 18.7. The van der Waals surface area contributed by atoms with Gasteiger partial charge in [0.15, 0.2) is 5.11 Å². The Kier molecular flexibility index (Phi) is 7.70. The summed E-state index contributed by atoms with van der Waals surface area (Å²) in [6, 6.07) is 20.9. The molecule has 0 unspecified atom stereocenters. The van der Waals surface area contributed by atoms with Crippen LogP contribution in [0.4, 0.5) is 22.7 Å². The summed E-state index contributed by atoms with van der Waals surface area (Å²) >= 11 is 11.8. The molecule has 0 bridgehead atoms. The quantitative estimate of drug-likeness (QED) is 0.342. The number of carbonyl (C=O) groups excluding carboxylic acids is 1. The second kappa shape index (κ2) is 10.7. The molecule has 160 valence electrons. The molecule has 0 heterocycles. The van der Waals surface area contributed by atoms with Crippen LogP contribution in [0.15, 0.2) is 66.7 Å². The Bertz CT molecular complexity index is 1060.